The minimum absolute atomic E-state index is 0.101. The van der Waals surface area contributed by atoms with Crippen molar-refractivity contribution >= 4 is 5.69 Å². The van der Waals surface area contributed by atoms with Gasteiger partial charge in [0.2, 0.25) is 0 Å². The van der Waals surface area contributed by atoms with Crippen LogP contribution in [0.15, 0.2) is 42.5 Å². The molecule has 6 nitrogen and oxygen atoms in total. The standard InChI is InChI=1S/C23H32N2O4/c1-27-13-3-11-25-21-14-17(4-9-22(21)26)16-29-23-15-24-12-10-20(23)18-5-7-19(28-2)8-6-18/h4-9,14,20,23-26H,3,10-13,15-16H2,1-2H3/t20-,23+/m1/s1. The zero-order valence-electron chi connectivity index (χ0n) is 17.3. The molecule has 1 heterocycles. The molecule has 2 atom stereocenters. The summed E-state index contributed by atoms with van der Waals surface area (Å²) in [5, 5.41) is 16.8. The highest BCUT2D eigenvalue weighted by atomic mass is 16.5. The van der Waals surface area contributed by atoms with Crippen LogP contribution in [0.5, 0.6) is 11.5 Å². The van der Waals surface area contributed by atoms with Crippen molar-refractivity contribution < 1.29 is 19.3 Å². The number of benzene rings is 2. The average molecular weight is 401 g/mol. The van der Waals surface area contributed by atoms with Crippen LogP contribution in [0.1, 0.15) is 29.9 Å². The zero-order chi connectivity index (χ0) is 20.5. The Balaban J connectivity index is 1.61. The summed E-state index contributed by atoms with van der Waals surface area (Å²) in [6.07, 6.45) is 2.02. The number of anilines is 1. The van der Waals surface area contributed by atoms with Gasteiger partial charge in [-0.1, -0.05) is 18.2 Å². The van der Waals surface area contributed by atoms with Crippen LogP contribution in [0.3, 0.4) is 0 Å². The Morgan fingerprint density at radius 1 is 1.14 bits per heavy atom. The Kier molecular flexibility index (Phi) is 8.16. The lowest BCUT2D eigenvalue weighted by atomic mass is 9.87. The van der Waals surface area contributed by atoms with Crippen LogP contribution in [-0.2, 0) is 16.1 Å². The van der Waals surface area contributed by atoms with Crippen molar-refractivity contribution in [1.29, 1.82) is 0 Å². The number of methoxy groups -OCH3 is 2. The first-order valence-electron chi connectivity index (χ1n) is 10.2. The number of rotatable bonds is 10. The number of nitrogens with one attached hydrogen (secondary N) is 2. The third-order valence-electron chi connectivity index (χ3n) is 5.34. The van der Waals surface area contributed by atoms with Crippen LogP contribution in [0.25, 0.3) is 0 Å². The molecule has 0 aromatic heterocycles. The van der Waals surface area contributed by atoms with Crippen molar-refractivity contribution in [1.82, 2.24) is 5.32 Å². The zero-order valence-corrected chi connectivity index (χ0v) is 17.3. The van der Waals surface area contributed by atoms with Gasteiger partial charge in [0, 0.05) is 32.7 Å². The van der Waals surface area contributed by atoms with E-state index in [2.05, 4.69) is 22.8 Å². The van der Waals surface area contributed by atoms with Gasteiger partial charge >= 0.3 is 0 Å². The summed E-state index contributed by atoms with van der Waals surface area (Å²) in [6, 6.07) is 13.9. The van der Waals surface area contributed by atoms with Crippen molar-refractivity contribution in [2.75, 3.05) is 45.8 Å². The lowest BCUT2D eigenvalue weighted by molar-refractivity contribution is 0.0106. The number of piperidine rings is 1. The van der Waals surface area contributed by atoms with E-state index in [9.17, 15) is 5.11 Å². The maximum absolute atomic E-state index is 10.1. The number of hydrogen-bond donors (Lipinski definition) is 3. The quantitative estimate of drug-likeness (QED) is 0.419. The van der Waals surface area contributed by atoms with Gasteiger partial charge in [-0.3, -0.25) is 0 Å². The molecule has 3 rings (SSSR count). The Bertz CT molecular complexity index is 751. The van der Waals surface area contributed by atoms with Gasteiger partial charge in [-0.2, -0.15) is 0 Å². The van der Waals surface area contributed by atoms with Crippen LogP contribution in [-0.4, -0.2) is 51.7 Å². The monoisotopic (exact) mass is 400 g/mol. The SMILES string of the molecule is COCCCNc1cc(CO[C@H]2CNCC[C@@H]2c2ccc(OC)cc2)ccc1O. The van der Waals surface area contributed by atoms with Crippen LogP contribution in [0, 0.1) is 0 Å². The lowest BCUT2D eigenvalue weighted by Gasteiger charge is -2.32. The molecule has 2 aromatic carbocycles. The molecule has 2 aromatic rings. The summed E-state index contributed by atoms with van der Waals surface area (Å²) in [4.78, 5) is 0. The Morgan fingerprint density at radius 3 is 2.72 bits per heavy atom. The third-order valence-corrected chi connectivity index (χ3v) is 5.34. The van der Waals surface area contributed by atoms with E-state index >= 15 is 0 Å². The average Bonchev–Trinajstić information content (AvgIpc) is 2.77. The third kappa shape index (κ3) is 6.10. The molecule has 1 aliphatic rings. The molecule has 158 valence electrons. The fraction of sp³-hybridized carbons (Fsp3) is 0.478. The Labute approximate surface area is 173 Å². The second-order valence-corrected chi connectivity index (χ2v) is 7.35. The lowest BCUT2D eigenvalue weighted by Crippen LogP contribution is -2.40. The summed E-state index contributed by atoms with van der Waals surface area (Å²) < 4.78 is 16.6. The second kappa shape index (κ2) is 11.0. The Morgan fingerprint density at radius 2 is 1.97 bits per heavy atom. The molecule has 3 N–H and O–H groups in total. The maximum Gasteiger partial charge on any atom is 0.138 e. The van der Waals surface area contributed by atoms with Crippen LogP contribution < -0.4 is 15.4 Å². The van der Waals surface area contributed by atoms with Crippen molar-refractivity contribution in [2.24, 2.45) is 0 Å². The van der Waals surface area contributed by atoms with E-state index in [0.717, 1.165) is 49.5 Å². The van der Waals surface area contributed by atoms with Crippen LogP contribution in [0.2, 0.25) is 0 Å². The number of aromatic hydroxyl groups is 1. The number of hydrogen-bond acceptors (Lipinski definition) is 6. The summed E-state index contributed by atoms with van der Waals surface area (Å²) in [6.45, 7) is 3.77. The molecule has 0 aliphatic carbocycles. The first-order chi connectivity index (χ1) is 14.2. The molecule has 1 saturated heterocycles. The van der Waals surface area contributed by atoms with Gasteiger partial charge in [0.25, 0.3) is 0 Å². The van der Waals surface area contributed by atoms with E-state index in [1.807, 2.05) is 24.3 Å². The van der Waals surface area contributed by atoms with Gasteiger partial charge < -0.3 is 30.0 Å². The molecule has 6 heteroatoms. The normalized spacial score (nSPS) is 19.1. The summed E-state index contributed by atoms with van der Waals surface area (Å²) in [5.74, 6) is 1.47. The highest BCUT2D eigenvalue weighted by Gasteiger charge is 2.27. The van der Waals surface area contributed by atoms with Crippen molar-refractivity contribution in [3.05, 3.63) is 53.6 Å². The molecule has 0 radical (unpaired) electrons. The van der Waals surface area contributed by atoms with E-state index in [0.29, 0.717) is 19.1 Å². The highest BCUT2D eigenvalue weighted by molar-refractivity contribution is 5.57. The number of phenolic OH excluding ortho intramolecular Hbond substituents is 1. The predicted octanol–water partition coefficient (Wildman–Crippen LogP) is 3.51. The molecular weight excluding hydrogens is 368 g/mol. The fourth-order valence-electron chi connectivity index (χ4n) is 3.69. The summed E-state index contributed by atoms with van der Waals surface area (Å²) in [5.41, 5.74) is 3.05. The van der Waals surface area contributed by atoms with E-state index in [4.69, 9.17) is 14.2 Å². The van der Waals surface area contributed by atoms with E-state index < -0.39 is 0 Å². The maximum atomic E-state index is 10.1. The van der Waals surface area contributed by atoms with Crippen molar-refractivity contribution in [3.8, 4) is 11.5 Å². The van der Waals surface area contributed by atoms with Crippen molar-refractivity contribution in [2.45, 2.75) is 31.5 Å². The van der Waals surface area contributed by atoms with Gasteiger partial charge in [-0.15, -0.1) is 0 Å². The van der Waals surface area contributed by atoms with E-state index in [1.54, 1.807) is 20.3 Å². The number of phenols is 1. The molecule has 0 amide bonds. The molecule has 0 saturated carbocycles. The van der Waals surface area contributed by atoms with Gasteiger partial charge in [-0.05, 0) is 54.8 Å². The van der Waals surface area contributed by atoms with Crippen LogP contribution in [0.4, 0.5) is 5.69 Å². The minimum Gasteiger partial charge on any atom is -0.506 e. The Hall–Kier alpha value is -2.28. The predicted molar refractivity (Wildman–Crippen MR) is 115 cm³/mol. The smallest absolute Gasteiger partial charge is 0.138 e. The van der Waals surface area contributed by atoms with Gasteiger partial charge in [0.05, 0.1) is 25.5 Å². The molecule has 1 fully saturated rings. The summed E-state index contributed by atoms with van der Waals surface area (Å²) >= 11 is 0. The molecule has 29 heavy (non-hydrogen) atoms. The molecule has 0 spiro atoms. The largest absolute Gasteiger partial charge is 0.506 e. The van der Waals surface area contributed by atoms with E-state index in [1.165, 1.54) is 5.56 Å². The van der Waals surface area contributed by atoms with E-state index in [-0.39, 0.29) is 11.9 Å². The topological polar surface area (TPSA) is 72.0 Å². The first kappa shape index (κ1) is 21.4. The summed E-state index contributed by atoms with van der Waals surface area (Å²) in [7, 11) is 3.37. The van der Waals surface area contributed by atoms with Crippen LogP contribution >= 0.6 is 0 Å². The number of ether oxygens (including phenoxy) is 3. The van der Waals surface area contributed by atoms with Crippen molar-refractivity contribution in [3.63, 3.8) is 0 Å². The molecule has 0 unspecified atom stereocenters. The molecular formula is C23H32N2O4. The fourth-order valence-corrected chi connectivity index (χ4v) is 3.69. The molecule has 0 bridgehead atoms. The van der Waals surface area contributed by atoms with Gasteiger partial charge in [0.15, 0.2) is 0 Å². The first-order valence-corrected chi connectivity index (χ1v) is 10.2. The highest BCUT2D eigenvalue weighted by Crippen LogP contribution is 2.30. The molecule has 1 aliphatic heterocycles. The van der Waals surface area contributed by atoms with Gasteiger partial charge in [0.1, 0.15) is 11.5 Å². The minimum atomic E-state index is 0.101. The van der Waals surface area contributed by atoms with Gasteiger partial charge in [-0.25, -0.2) is 0 Å². The second-order valence-electron chi connectivity index (χ2n) is 7.35.